The Bertz CT molecular complexity index is 146. The molecule has 0 saturated carbocycles. The molecular weight excluding hydrogens is 194 g/mol. The summed E-state index contributed by atoms with van der Waals surface area (Å²) >= 11 is 0. The number of nitrogens with zero attached hydrogens (tertiary/aromatic N) is 1. The SMILES string of the molecule is CCCCCCOC(=O)[O-].C[N+](C)(C)C. The number of hydrogen-bond acceptors (Lipinski definition) is 3. The van der Waals surface area contributed by atoms with Crippen LogP contribution in [0.25, 0.3) is 0 Å². The standard InChI is InChI=1S/C7H14O3.C4H12N/c1-2-3-4-5-6-10-7(8)9;1-5(2,3)4/h2-6H2,1H3,(H,8,9);1-4H3/q;+1/p-1. The van der Waals surface area contributed by atoms with Gasteiger partial charge in [-0.3, -0.25) is 0 Å². The predicted octanol–water partition coefficient (Wildman–Crippen LogP) is 1.25. The zero-order valence-electron chi connectivity index (χ0n) is 10.7. The second-order valence-electron chi connectivity index (χ2n) is 4.84. The zero-order chi connectivity index (χ0) is 12.3. The van der Waals surface area contributed by atoms with E-state index in [9.17, 15) is 9.90 Å². The summed E-state index contributed by atoms with van der Waals surface area (Å²) in [6.45, 7) is 2.38. The van der Waals surface area contributed by atoms with Gasteiger partial charge in [0.1, 0.15) is 0 Å². The van der Waals surface area contributed by atoms with Gasteiger partial charge in [-0.05, 0) is 6.42 Å². The van der Waals surface area contributed by atoms with Gasteiger partial charge >= 0.3 is 0 Å². The third-order valence-electron chi connectivity index (χ3n) is 1.22. The van der Waals surface area contributed by atoms with Crippen LogP contribution in [-0.4, -0.2) is 45.4 Å². The summed E-state index contributed by atoms with van der Waals surface area (Å²) in [4.78, 5) is 9.70. The normalized spacial score (nSPS) is 10.2. The molecule has 92 valence electrons. The molecule has 0 atom stereocenters. The molecule has 0 radical (unpaired) electrons. The molecule has 0 saturated heterocycles. The first-order valence-corrected chi connectivity index (χ1v) is 5.40. The Labute approximate surface area is 93.4 Å². The van der Waals surface area contributed by atoms with Gasteiger partial charge in [0.25, 0.3) is 6.16 Å². The Balaban J connectivity index is 0. The number of quaternary nitrogens is 1. The van der Waals surface area contributed by atoms with E-state index in [0.717, 1.165) is 30.2 Å². The predicted molar refractivity (Wildman–Crippen MR) is 59.4 cm³/mol. The second kappa shape index (κ2) is 9.77. The highest BCUT2D eigenvalue weighted by atomic mass is 16.7. The number of ether oxygens (including phenoxy) is 1. The van der Waals surface area contributed by atoms with E-state index >= 15 is 0 Å². The van der Waals surface area contributed by atoms with Crippen molar-refractivity contribution in [3.05, 3.63) is 0 Å². The minimum Gasteiger partial charge on any atom is -0.550 e. The quantitative estimate of drug-likeness (QED) is 0.397. The van der Waals surface area contributed by atoms with E-state index in [1.807, 2.05) is 0 Å². The summed E-state index contributed by atoms with van der Waals surface area (Å²) < 4.78 is 5.19. The minimum atomic E-state index is -1.42. The molecule has 0 rings (SSSR count). The number of carbonyl (C=O) groups is 1. The van der Waals surface area contributed by atoms with Crippen LogP contribution in [0.3, 0.4) is 0 Å². The Kier molecular flexibility index (Phi) is 10.8. The van der Waals surface area contributed by atoms with E-state index in [0.29, 0.717) is 0 Å². The lowest BCUT2D eigenvalue weighted by molar-refractivity contribution is -0.849. The Hall–Kier alpha value is -0.770. The van der Waals surface area contributed by atoms with Crippen LogP contribution < -0.4 is 5.11 Å². The monoisotopic (exact) mass is 219 g/mol. The van der Waals surface area contributed by atoms with Crippen LogP contribution in [0.2, 0.25) is 0 Å². The average molecular weight is 219 g/mol. The molecule has 0 fully saturated rings. The first-order valence-electron chi connectivity index (χ1n) is 5.40. The van der Waals surface area contributed by atoms with Crippen molar-refractivity contribution in [2.45, 2.75) is 32.6 Å². The molecule has 0 aliphatic heterocycles. The van der Waals surface area contributed by atoms with Gasteiger partial charge in [0.2, 0.25) is 0 Å². The number of carbonyl (C=O) groups excluding carboxylic acids is 1. The maximum Gasteiger partial charge on any atom is 0.251 e. The van der Waals surface area contributed by atoms with Crippen LogP contribution >= 0.6 is 0 Å². The number of unbranched alkanes of at least 4 members (excludes halogenated alkanes) is 3. The lowest BCUT2D eigenvalue weighted by atomic mass is 10.2. The maximum atomic E-state index is 9.70. The Morgan fingerprint density at radius 3 is 1.93 bits per heavy atom. The third kappa shape index (κ3) is 43.0. The van der Waals surface area contributed by atoms with Crippen LogP contribution in [0, 0.1) is 0 Å². The summed E-state index contributed by atoms with van der Waals surface area (Å²) in [7, 11) is 8.50. The van der Waals surface area contributed by atoms with Crippen LogP contribution in [0.5, 0.6) is 0 Å². The highest BCUT2D eigenvalue weighted by Gasteiger charge is 1.88. The molecular formula is C11H25NO3. The molecule has 4 nitrogen and oxygen atoms in total. The van der Waals surface area contributed by atoms with Crippen molar-refractivity contribution >= 4 is 6.16 Å². The van der Waals surface area contributed by atoms with Crippen molar-refractivity contribution in [3.8, 4) is 0 Å². The van der Waals surface area contributed by atoms with E-state index in [1.165, 1.54) is 0 Å². The molecule has 0 unspecified atom stereocenters. The molecule has 0 bridgehead atoms. The first-order chi connectivity index (χ1) is 6.77. The lowest BCUT2D eigenvalue weighted by Gasteiger charge is -2.14. The van der Waals surface area contributed by atoms with Crippen LogP contribution in [0.4, 0.5) is 4.79 Å². The van der Waals surface area contributed by atoms with Gasteiger partial charge in [-0.2, -0.15) is 0 Å². The molecule has 15 heavy (non-hydrogen) atoms. The first kappa shape index (κ1) is 16.7. The fraction of sp³-hybridized carbons (Fsp3) is 0.909. The highest BCUT2D eigenvalue weighted by molar-refractivity contribution is 5.53. The summed E-state index contributed by atoms with van der Waals surface area (Å²) in [5.41, 5.74) is 0. The van der Waals surface area contributed by atoms with Gasteiger partial charge < -0.3 is 19.1 Å². The minimum absolute atomic E-state index is 0.280. The summed E-state index contributed by atoms with van der Waals surface area (Å²) in [5.74, 6) is 0. The van der Waals surface area contributed by atoms with E-state index in [-0.39, 0.29) is 6.61 Å². The number of rotatable bonds is 5. The van der Waals surface area contributed by atoms with Crippen molar-refractivity contribution in [3.63, 3.8) is 0 Å². The van der Waals surface area contributed by atoms with Crippen molar-refractivity contribution in [2.24, 2.45) is 0 Å². The molecule has 0 spiro atoms. The third-order valence-corrected chi connectivity index (χ3v) is 1.22. The van der Waals surface area contributed by atoms with Crippen molar-refractivity contribution in [1.82, 2.24) is 0 Å². The van der Waals surface area contributed by atoms with Crippen molar-refractivity contribution in [1.29, 1.82) is 0 Å². The fourth-order valence-corrected chi connectivity index (χ4v) is 0.684. The van der Waals surface area contributed by atoms with E-state index in [2.05, 4.69) is 39.9 Å². The molecule has 0 aromatic carbocycles. The molecule has 0 aliphatic carbocycles. The van der Waals surface area contributed by atoms with Gasteiger partial charge in [-0.1, -0.05) is 26.2 Å². The largest absolute Gasteiger partial charge is 0.550 e. The van der Waals surface area contributed by atoms with Gasteiger partial charge in [0, 0.05) is 6.61 Å². The van der Waals surface area contributed by atoms with Crippen LogP contribution in [0.1, 0.15) is 32.6 Å². The van der Waals surface area contributed by atoms with Crippen molar-refractivity contribution < 1.29 is 19.1 Å². The van der Waals surface area contributed by atoms with Gasteiger partial charge in [-0.25, -0.2) is 0 Å². The number of hydrogen-bond donors (Lipinski definition) is 0. The van der Waals surface area contributed by atoms with E-state index in [1.54, 1.807) is 0 Å². The van der Waals surface area contributed by atoms with Crippen LogP contribution in [-0.2, 0) is 4.74 Å². The van der Waals surface area contributed by atoms with Gasteiger partial charge in [0.15, 0.2) is 0 Å². The number of carboxylic acid groups (broad SMARTS) is 1. The highest BCUT2D eigenvalue weighted by Crippen LogP contribution is 1.98. The maximum absolute atomic E-state index is 9.70. The molecule has 0 amide bonds. The van der Waals surface area contributed by atoms with E-state index in [4.69, 9.17) is 0 Å². The average Bonchev–Trinajstić information content (AvgIpc) is 2.00. The summed E-state index contributed by atoms with van der Waals surface area (Å²) in [6, 6.07) is 0. The van der Waals surface area contributed by atoms with Crippen molar-refractivity contribution in [2.75, 3.05) is 34.8 Å². The molecule has 0 aromatic rings. The molecule has 0 aromatic heterocycles. The molecule has 0 heterocycles. The smallest absolute Gasteiger partial charge is 0.251 e. The van der Waals surface area contributed by atoms with Gasteiger partial charge in [0.05, 0.1) is 28.2 Å². The fourth-order valence-electron chi connectivity index (χ4n) is 0.684. The lowest BCUT2D eigenvalue weighted by Crippen LogP contribution is -2.27. The molecule has 0 N–H and O–H groups in total. The Morgan fingerprint density at radius 1 is 1.13 bits per heavy atom. The molecule has 4 heteroatoms. The summed E-state index contributed by atoms with van der Waals surface area (Å²) in [6.07, 6.45) is 2.70. The van der Waals surface area contributed by atoms with Crippen LogP contribution in [0.15, 0.2) is 0 Å². The molecule has 0 aliphatic rings. The van der Waals surface area contributed by atoms with E-state index < -0.39 is 6.16 Å². The summed E-state index contributed by atoms with van der Waals surface area (Å²) in [5, 5.41) is 9.70. The van der Waals surface area contributed by atoms with Gasteiger partial charge in [-0.15, -0.1) is 0 Å². The topological polar surface area (TPSA) is 49.4 Å². The zero-order valence-corrected chi connectivity index (χ0v) is 10.7. The Morgan fingerprint density at radius 2 is 1.60 bits per heavy atom. The second-order valence-corrected chi connectivity index (χ2v) is 4.84.